The van der Waals surface area contributed by atoms with E-state index in [-0.39, 0.29) is 104 Å². The van der Waals surface area contributed by atoms with Crippen molar-refractivity contribution in [2.45, 2.75) is 0 Å². The van der Waals surface area contributed by atoms with E-state index in [9.17, 15) is 0 Å². The van der Waals surface area contributed by atoms with Crippen molar-refractivity contribution in [1.29, 1.82) is 0 Å². The van der Waals surface area contributed by atoms with Crippen molar-refractivity contribution >= 4 is 10.4 Å². The summed E-state index contributed by atoms with van der Waals surface area (Å²) in [5.41, 5.74) is 0. The third kappa shape index (κ3) is 522. The summed E-state index contributed by atoms with van der Waals surface area (Å²) in [6.45, 7) is 0. The molecule has 0 atom stereocenters. The molecule has 0 spiro atoms. The van der Waals surface area contributed by atoms with Crippen LogP contribution in [0.15, 0.2) is 0 Å². The molecule has 0 unspecified atom stereocenters. The Morgan fingerprint density at radius 1 is 0.769 bits per heavy atom. The van der Waals surface area contributed by atoms with Gasteiger partial charge in [0.15, 0.2) is 0 Å². The Labute approximate surface area is 130 Å². The Hall–Kier alpha value is 1.95. The van der Waals surface area contributed by atoms with E-state index in [2.05, 4.69) is 0 Å². The van der Waals surface area contributed by atoms with Crippen LogP contribution in [0.3, 0.4) is 0 Å². The summed E-state index contributed by atoms with van der Waals surface area (Å²) in [6, 6.07) is 0. The molecule has 0 aromatic rings. The SMILES string of the molecule is O.O.O.O.O.O.O=S(=O)(O)O.[Gd].[H-].[Na+]. The predicted octanol–water partition coefficient (Wildman–Crippen LogP) is -8.48. The summed E-state index contributed by atoms with van der Waals surface area (Å²) >= 11 is 0. The molecule has 0 aliphatic heterocycles. The van der Waals surface area contributed by atoms with Crippen molar-refractivity contribution in [2.24, 2.45) is 0 Å². The minimum Gasteiger partial charge on any atom is -1.00 e. The second-order valence-electron chi connectivity index (χ2n) is 0.448. The summed E-state index contributed by atoms with van der Waals surface area (Å²) in [5, 5.41) is 0. The molecular formula is H15GdNaO10S. The smallest absolute Gasteiger partial charge is 1.00 e. The zero-order valence-electron chi connectivity index (χ0n) is 7.47. The average molecular weight is 387 g/mol. The molecule has 0 aliphatic carbocycles. The molecule has 0 rings (SSSR count). The summed E-state index contributed by atoms with van der Waals surface area (Å²) in [7, 11) is -4.67. The van der Waals surface area contributed by atoms with Gasteiger partial charge in [-0.2, -0.15) is 8.42 Å². The van der Waals surface area contributed by atoms with Gasteiger partial charge in [0.05, 0.1) is 0 Å². The Morgan fingerprint density at radius 3 is 0.769 bits per heavy atom. The molecule has 0 amide bonds. The van der Waals surface area contributed by atoms with Crippen LogP contribution in [-0.4, -0.2) is 50.4 Å². The van der Waals surface area contributed by atoms with Crippen molar-refractivity contribution in [3.63, 3.8) is 0 Å². The number of rotatable bonds is 0. The summed E-state index contributed by atoms with van der Waals surface area (Å²) in [5.74, 6) is 0. The summed E-state index contributed by atoms with van der Waals surface area (Å²) in [6.07, 6.45) is 0. The van der Waals surface area contributed by atoms with Crippen molar-refractivity contribution < 1.29 is 121 Å². The van der Waals surface area contributed by atoms with Gasteiger partial charge in [-0.1, -0.05) is 0 Å². The van der Waals surface area contributed by atoms with E-state index in [1.54, 1.807) is 0 Å². The van der Waals surface area contributed by atoms with Gasteiger partial charge in [0.2, 0.25) is 0 Å². The molecule has 0 fully saturated rings. The normalized spacial score (nSPS) is 4.46. The molecule has 0 saturated heterocycles. The van der Waals surface area contributed by atoms with E-state index in [1.165, 1.54) is 0 Å². The average Bonchev–Trinajstić information content (AvgIpc) is 0.722. The fraction of sp³-hybridized carbons (Fsp3) is 0. The molecular weight excluding hydrogens is 372 g/mol. The first kappa shape index (κ1) is 82.1. The maximum Gasteiger partial charge on any atom is 1.00 e. The molecule has 0 heterocycles. The van der Waals surface area contributed by atoms with Crippen molar-refractivity contribution in [1.82, 2.24) is 0 Å². The molecule has 13 heavy (non-hydrogen) atoms. The first-order valence-electron chi connectivity index (χ1n) is 0.698. The van der Waals surface area contributed by atoms with E-state index >= 15 is 0 Å². The van der Waals surface area contributed by atoms with Crippen LogP contribution >= 0.6 is 0 Å². The number of hydrogen-bond acceptors (Lipinski definition) is 2. The Morgan fingerprint density at radius 2 is 0.769 bits per heavy atom. The first-order chi connectivity index (χ1) is 2.00. The van der Waals surface area contributed by atoms with Crippen LogP contribution in [-0.2, 0) is 10.4 Å². The van der Waals surface area contributed by atoms with Gasteiger partial charge in [-0.15, -0.1) is 0 Å². The van der Waals surface area contributed by atoms with E-state index in [1.807, 2.05) is 0 Å². The molecule has 0 aromatic carbocycles. The van der Waals surface area contributed by atoms with E-state index in [0.717, 1.165) is 0 Å². The topological polar surface area (TPSA) is 264 Å². The van der Waals surface area contributed by atoms with Crippen LogP contribution in [0.2, 0.25) is 0 Å². The van der Waals surface area contributed by atoms with Crippen molar-refractivity contribution in [3.8, 4) is 0 Å². The van der Waals surface area contributed by atoms with E-state index in [4.69, 9.17) is 17.5 Å². The zero-order valence-corrected chi connectivity index (χ0v) is 11.6. The van der Waals surface area contributed by atoms with Gasteiger partial charge in [0.25, 0.3) is 0 Å². The van der Waals surface area contributed by atoms with Gasteiger partial charge in [0.1, 0.15) is 0 Å². The molecule has 13 heteroatoms. The van der Waals surface area contributed by atoms with Gasteiger partial charge in [-0.3, -0.25) is 9.11 Å². The monoisotopic (exact) mass is 388 g/mol. The molecule has 0 aliphatic rings. The van der Waals surface area contributed by atoms with Crippen LogP contribution < -0.4 is 29.6 Å². The summed E-state index contributed by atoms with van der Waals surface area (Å²) in [4.78, 5) is 0. The molecule has 0 saturated carbocycles. The quantitative estimate of drug-likeness (QED) is 0.302. The largest absolute Gasteiger partial charge is 1.00 e. The maximum absolute atomic E-state index is 8.74. The fourth-order valence-electron chi connectivity index (χ4n) is 0. The van der Waals surface area contributed by atoms with Gasteiger partial charge in [0, 0.05) is 39.9 Å². The Bertz CT molecular complexity index is 103. The standard InChI is InChI=1S/Gd.Na.H2O4S.6H2O.H/c;;1-5(2,3)4;;;;;;;/h;;(H2,1,2,3,4);6*1H2;/q;+1;;;;;;;;-1. The van der Waals surface area contributed by atoms with Gasteiger partial charge in [-0.05, 0) is 0 Å². The molecule has 0 aromatic heterocycles. The number of hydrogen-bond donors (Lipinski definition) is 2. The van der Waals surface area contributed by atoms with Crippen LogP contribution in [0.25, 0.3) is 0 Å². The minimum absolute atomic E-state index is 0. The predicted molar refractivity (Wildman–Crippen MR) is 37.0 cm³/mol. The van der Waals surface area contributed by atoms with Crippen LogP contribution in [0.4, 0.5) is 0 Å². The first-order valence-corrected chi connectivity index (χ1v) is 2.10. The zero-order chi connectivity index (χ0) is 4.50. The van der Waals surface area contributed by atoms with Crippen molar-refractivity contribution in [2.75, 3.05) is 0 Å². The fourth-order valence-corrected chi connectivity index (χ4v) is 0. The molecule has 14 N–H and O–H groups in total. The second kappa shape index (κ2) is 37.0. The van der Waals surface area contributed by atoms with Crippen molar-refractivity contribution in [3.05, 3.63) is 0 Å². The second-order valence-corrected chi connectivity index (χ2v) is 1.34. The summed E-state index contributed by atoms with van der Waals surface area (Å²) < 4.78 is 31.6. The third-order valence-corrected chi connectivity index (χ3v) is 0. The minimum atomic E-state index is -4.67. The van der Waals surface area contributed by atoms with Gasteiger partial charge < -0.3 is 34.3 Å². The molecule has 10 nitrogen and oxygen atoms in total. The van der Waals surface area contributed by atoms with E-state index < -0.39 is 10.4 Å². The van der Waals surface area contributed by atoms with Crippen LogP contribution in [0.5, 0.6) is 0 Å². The molecule has 0 bridgehead atoms. The molecule has 0 radical (unpaired) electrons. The van der Waals surface area contributed by atoms with Gasteiger partial charge >= 0.3 is 40.0 Å². The van der Waals surface area contributed by atoms with Crippen LogP contribution in [0, 0.1) is 39.9 Å². The Kier molecular flexibility index (Phi) is 234. The maximum atomic E-state index is 8.74. The Balaban J connectivity index is -0.00000000222. The van der Waals surface area contributed by atoms with Crippen LogP contribution in [0.1, 0.15) is 1.43 Å². The van der Waals surface area contributed by atoms with Gasteiger partial charge in [-0.25, -0.2) is 0 Å². The molecule has 90 valence electrons. The van der Waals surface area contributed by atoms with E-state index in [0.29, 0.717) is 0 Å². The third-order valence-electron chi connectivity index (χ3n) is 0.